The number of carbonyl (C=O) groups is 2. The highest BCUT2D eigenvalue weighted by Crippen LogP contribution is 2.23. The summed E-state index contributed by atoms with van der Waals surface area (Å²) in [6, 6.07) is 14.3. The van der Waals surface area contributed by atoms with Crippen molar-refractivity contribution in [2.24, 2.45) is 5.92 Å². The summed E-state index contributed by atoms with van der Waals surface area (Å²) in [5.41, 5.74) is 2.34. The molecule has 0 aliphatic carbocycles. The van der Waals surface area contributed by atoms with E-state index in [1.165, 1.54) is 32.1 Å². The van der Waals surface area contributed by atoms with Crippen LogP contribution in [0.2, 0.25) is 0 Å². The van der Waals surface area contributed by atoms with Gasteiger partial charge in [-0.2, -0.15) is 0 Å². The summed E-state index contributed by atoms with van der Waals surface area (Å²) in [6.45, 7) is 6.73. The smallest absolute Gasteiger partial charge is 0.461 e. The van der Waals surface area contributed by atoms with Crippen LogP contribution in [-0.4, -0.2) is 30.7 Å². The van der Waals surface area contributed by atoms with Crippen LogP contribution in [0, 0.1) is 5.92 Å². The first-order valence-electron chi connectivity index (χ1n) is 12.3. The zero-order valence-corrected chi connectivity index (χ0v) is 21.3. The number of alkyl halides is 1. The van der Waals surface area contributed by atoms with Gasteiger partial charge in [0.1, 0.15) is 12.4 Å². The molecule has 0 aromatic heterocycles. The second-order valence-electron chi connectivity index (χ2n) is 8.78. The average Bonchev–Trinajstić information content (AvgIpc) is 2.84. The molecule has 0 aliphatic heterocycles. The Morgan fingerprint density at radius 2 is 1.35 bits per heavy atom. The van der Waals surface area contributed by atoms with Gasteiger partial charge in [-0.25, -0.2) is 9.59 Å². The first-order valence-corrected chi connectivity index (χ1v) is 12.7. The van der Waals surface area contributed by atoms with Gasteiger partial charge in [0, 0.05) is 0 Å². The van der Waals surface area contributed by atoms with Crippen molar-refractivity contribution in [2.75, 3.05) is 13.2 Å². The van der Waals surface area contributed by atoms with Gasteiger partial charge in [-0.15, -0.1) is 11.6 Å². The molecule has 6 heteroatoms. The minimum Gasteiger partial charge on any atom is -0.461 e. The van der Waals surface area contributed by atoms with Crippen molar-refractivity contribution in [1.29, 1.82) is 0 Å². The van der Waals surface area contributed by atoms with Gasteiger partial charge in [-0.1, -0.05) is 83.6 Å². The molecule has 0 amide bonds. The lowest BCUT2D eigenvalue weighted by Crippen LogP contribution is -2.18. The number of benzene rings is 2. The van der Waals surface area contributed by atoms with Crippen LogP contribution < -0.4 is 4.74 Å². The number of halogens is 1. The maximum absolute atomic E-state index is 12.2. The van der Waals surface area contributed by atoms with Crippen molar-refractivity contribution in [2.45, 2.75) is 71.1 Å². The third-order valence-corrected chi connectivity index (χ3v) is 6.20. The van der Waals surface area contributed by atoms with E-state index in [0.29, 0.717) is 17.9 Å². The molecule has 0 radical (unpaired) electrons. The normalized spacial score (nSPS) is 11.8. The number of hydrogen-bond acceptors (Lipinski definition) is 5. The first-order chi connectivity index (χ1) is 16.4. The van der Waals surface area contributed by atoms with Gasteiger partial charge in [-0.3, -0.25) is 0 Å². The summed E-state index contributed by atoms with van der Waals surface area (Å²) in [5, 5.41) is -0.207. The van der Waals surface area contributed by atoms with E-state index in [9.17, 15) is 9.59 Å². The SMILES string of the molecule is CCCCCCCCCOC(=O)Oc1ccc(-c2ccc(C(=O)OCC(Cl)C(C)C)cc2)cc1. The molecule has 2 rings (SSSR count). The Morgan fingerprint density at radius 1 is 0.794 bits per heavy atom. The van der Waals surface area contributed by atoms with Crippen LogP contribution in [0.3, 0.4) is 0 Å². The predicted octanol–water partition coefficient (Wildman–Crippen LogP) is 8.04. The molecule has 0 N–H and O–H groups in total. The molecule has 0 saturated heterocycles. The largest absolute Gasteiger partial charge is 0.513 e. The lowest BCUT2D eigenvalue weighted by atomic mass is 10.0. The second kappa shape index (κ2) is 15.4. The van der Waals surface area contributed by atoms with E-state index < -0.39 is 12.1 Å². The lowest BCUT2D eigenvalue weighted by Gasteiger charge is -2.13. The van der Waals surface area contributed by atoms with Gasteiger partial charge < -0.3 is 14.2 Å². The summed E-state index contributed by atoms with van der Waals surface area (Å²) in [7, 11) is 0. The van der Waals surface area contributed by atoms with E-state index >= 15 is 0 Å². The molecule has 0 saturated carbocycles. The summed E-state index contributed by atoms with van der Waals surface area (Å²) >= 11 is 6.14. The molecule has 0 spiro atoms. The van der Waals surface area contributed by atoms with E-state index in [0.717, 1.165) is 24.0 Å². The van der Waals surface area contributed by atoms with Crippen molar-refractivity contribution in [3.63, 3.8) is 0 Å². The third-order valence-electron chi connectivity index (χ3n) is 5.57. The van der Waals surface area contributed by atoms with Crippen molar-refractivity contribution in [3.8, 4) is 16.9 Å². The van der Waals surface area contributed by atoms with E-state index in [1.807, 2.05) is 38.1 Å². The number of rotatable bonds is 14. The second-order valence-corrected chi connectivity index (χ2v) is 9.34. The van der Waals surface area contributed by atoms with Crippen molar-refractivity contribution < 1.29 is 23.8 Å². The Bertz CT molecular complexity index is 861. The van der Waals surface area contributed by atoms with Gasteiger partial charge in [0.25, 0.3) is 0 Å². The van der Waals surface area contributed by atoms with E-state index in [2.05, 4.69) is 6.92 Å². The zero-order valence-electron chi connectivity index (χ0n) is 20.6. The molecular weight excluding hydrogens is 452 g/mol. The average molecular weight is 489 g/mol. The third kappa shape index (κ3) is 10.2. The standard InChI is InChI=1S/C28H37ClO5/c1-4-5-6-7-8-9-10-19-32-28(31)34-25-17-15-23(16-18-25)22-11-13-24(14-12-22)27(30)33-20-26(29)21(2)3/h11-18,21,26H,4-10,19-20H2,1-3H3. The number of hydrogen-bond donors (Lipinski definition) is 0. The maximum Gasteiger partial charge on any atom is 0.513 e. The molecule has 0 bridgehead atoms. The van der Waals surface area contributed by atoms with Crippen LogP contribution in [0.1, 0.15) is 76.1 Å². The Kier molecular flexibility index (Phi) is 12.5. The highest BCUT2D eigenvalue weighted by Gasteiger charge is 2.14. The van der Waals surface area contributed by atoms with Crippen molar-refractivity contribution >= 4 is 23.7 Å². The molecule has 5 nitrogen and oxygen atoms in total. The lowest BCUT2D eigenvalue weighted by molar-refractivity contribution is 0.0492. The molecule has 34 heavy (non-hydrogen) atoms. The minimum atomic E-state index is -0.682. The Balaban J connectivity index is 1.75. The minimum absolute atomic E-state index is 0.183. The summed E-state index contributed by atoms with van der Waals surface area (Å²) < 4.78 is 15.7. The summed E-state index contributed by atoms with van der Waals surface area (Å²) in [6.07, 6.45) is 7.46. The molecule has 2 aromatic carbocycles. The van der Waals surface area contributed by atoms with Gasteiger partial charge >= 0.3 is 12.1 Å². The quantitative estimate of drug-likeness (QED) is 0.116. The molecular formula is C28H37ClO5. The monoisotopic (exact) mass is 488 g/mol. The number of esters is 1. The van der Waals surface area contributed by atoms with Gasteiger partial charge in [0.15, 0.2) is 0 Å². The number of carbonyl (C=O) groups excluding carboxylic acids is 2. The number of ether oxygens (including phenoxy) is 3. The molecule has 0 fully saturated rings. The van der Waals surface area contributed by atoms with Crippen LogP contribution in [0.4, 0.5) is 4.79 Å². The van der Waals surface area contributed by atoms with Crippen molar-refractivity contribution in [3.05, 3.63) is 54.1 Å². The summed E-state index contributed by atoms with van der Waals surface area (Å²) in [5.74, 6) is 0.265. The van der Waals surface area contributed by atoms with Gasteiger partial charge in [-0.05, 0) is 47.7 Å². The van der Waals surface area contributed by atoms with E-state index in [1.54, 1.807) is 24.3 Å². The van der Waals surface area contributed by atoms with Crippen LogP contribution in [0.25, 0.3) is 11.1 Å². The Hall–Kier alpha value is -2.53. The number of unbranched alkanes of at least 4 members (excludes halogenated alkanes) is 6. The van der Waals surface area contributed by atoms with Gasteiger partial charge in [0.2, 0.25) is 0 Å². The van der Waals surface area contributed by atoms with Crippen molar-refractivity contribution in [1.82, 2.24) is 0 Å². The molecule has 1 atom stereocenters. The van der Waals surface area contributed by atoms with Crippen LogP contribution in [-0.2, 0) is 9.47 Å². The highest BCUT2D eigenvalue weighted by atomic mass is 35.5. The van der Waals surface area contributed by atoms with Crippen LogP contribution in [0.15, 0.2) is 48.5 Å². The van der Waals surface area contributed by atoms with Gasteiger partial charge in [0.05, 0.1) is 17.5 Å². The topological polar surface area (TPSA) is 61.8 Å². The Morgan fingerprint density at radius 3 is 1.94 bits per heavy atom. The fraction of sp³-hybridized carbons (Fsp3) is 0.500. The molecule has 186 valence electrons. The molecule has 0 aliphatic rings. The molecule has 1 unspecified atom stereocenters. The van der Waals surface area contributed by atoms with Crippen LogP contribution in [0.5, 0.6) is 5.75 Å². The van der Waals surface area contributed by atoms with Crippen LogP contribution >= 0.6 is 11.6 Å². The van der Waals surface area contributed by atoms with E-state index in [4.69, 9.17) is 25.8 Å². The fourth-order valence-electron chi connectivity index (χ4n) is 3.29. The summed E-state index contributed by atoms with van der Waals surface area (Å²) in [4.78, 5) is 24.1. The highest BCUT2D eigenvalue weighted by molar-refractivity contribution is 6.21. The fourth-order valence-corrected chi connectivity index (χ4v) is 3.35. The first kappa shape index (κ1) is 27.7. The molecule has 0 heterocycles. The predicted molar refractivity (Wildman–Crippen MR) is 137 cm³/mol. The molecule has 2 aromatic rings. The zero-order chi connectivity index (χ0) is 24.8. The Labute approximate surface area is 208 Å². The maximum atomic E-state index is 12.2. The van der Waals surface area contributed by atoms with E-state index in [-0.39, 0.29) is 17.9 Å².